The highest BCUT2D eigenvalue weighted by Crippen LogP contribution is 2.30. The Morgan fingerprint density at radius 2 is 1.63 bits per heavy atom. The minimum Gasteiger partial charge on any atom is -0.493 e. The van der Waals surface area contributed by atoms with Gasteiger partial charge in [0.05, 0.1) is 12.7 Å². The van der Waals surface area contributed by atoms with Crippen LogP contribution >= 0.6 is 24.0 Å². The Balaban J connectivity index is 0.00000450. The van der Waals surface area contributed by atoms with E-state index in [1.807, 2.05) is 0 Å². The first kappa shape index (κ1) is 25.7. The maximum absolute atomic E-state index is 12.8. The lowest BCUT2D eigenvalue weighted by atomic mass is 10.1. The van der Waals surface area contributed by atoms with Crippen molar-refractivity contribution in [3.8, 4) is 11.5 Å². The van der Waals surface area contributed by atoms with E-state index in [1.165, 1.54) is 32.4 Å². The molecule has 0 aliphatic rings. The molecule has 0 amide bonds. The summed E-state index contributed by atoms with van der Waals surface area (Å²) in [5, 5.41) is 5.85. The quantitative estimate of drug-likeness (QED) is 0.227. The van der Waals surface area contributed by atoms with Crippen molar-refractivity contribution in [1.29, 1.82) is 0 Å². The van der Waals surface area contributed by atoms with E-state index in [1.54, 1.807) is 12.1 Å². The summed E-state index contributed by atoms with van der Waals surface area (Å²) in [5.74, 6) is 0.393. The number of guanidine groups is 1. The molecule has 11 heteroatoms. The molecule has 0 radical (unpaired) electrons. The highest BCUT2D eigenvalue weighted by Gasteiger charge is 2.30. The van der Waals surface area contributed by atoms with Crippen LogP contribution < -0.4 is 20.1 Å². The summed E-state index contributed by atoms with van der Waals surface area (Å²) in [6.07, 6.45) is -4.41. The van der Waals surface area contributed by atoms with Crippen LogP contribution in [-0.2, 0) is 19.3 Å². The van der Waals surface area contributed by atoms with Gasteiger partial charge in [0.1, 0.15) is 0 Å². The summed E-state index contributed by atoms with van der Waals surface area (Å²) in [6, 6.07) is 9.50. The van der Waals surface area contributed by atoms with Crippen LogP contribution in [0.2, 0.25) is 0 Å². The molecular weight excluding hydrogens is 524 g/mol. The molecule has 166 valence electrons. The average molecular weight is 545 g/mol. The molecule has 2 aromatic carbocycles. The first-order valence-electron chi connectivity index (χ1n) is 8.45. The van der Waals surface area contributed by atoms with Crippen LogP contribution in [0.5, 0.6) is 11.5 Å². The average Bonchev–Trinajstić information content (AvgIpc) is 2.67. The van der Waals surface area contributed by atoms with Gasteiger partial charge in [-0.2, -0.15) is 22.0 Å². The van der Waals surface area contributed by atoms with Gasteiger partial charge >= 0.3 is 12.8 Å². The van der Waals surface area contributed by atoms with E-state index in [-0.39, 0.29) is 48.6 Å². The summed E-state index contributed by atoms with van der Waals surface area (Å²) in [4.78, 5) is 3.99. The molecule has 0 saturated heterocycles. The Hall–Kier alpha value is -2.31. The zero-order valence-electron chi connectivity index (χ0n) is 16.1. The first-order chi connectivity index (χ1) is 13.7. The molecule has 2 N–H and O–H groups in total. The number of ether oxygens (including phenoxy) is 2. The minimum atomic E-state index is -4.41. The zero-order chi connectivity index (χ0) is 21.4. The molecule has 0 atom stereocenters. The van der Waals surface area contributed by atoms with Gasteiger partial charge in [-0.05, 0) is 35.4 Å². The van der Waals surface area contributed by atoms with Crippen molar-refractivity contribution in [2.75, 3.05) is 14.2 Å². The predicted octanol–water partition coefficient (Wildman–Crippen LogP) is 4.80. The van der Waals surface area contributed by atoms with E-state index >= 15 is 0 Å². The van der Waals surface area contributed by atoms with Gasteiger partial charge in [0.25, 0.3) is 0 Å². The van der Waals surface area contributed by atoms with Crippen molar-refractivity contribution in [3.05, 3.63) is 59.2 Å². The van der Waals surface area contributed by atoms with Gasteiger partial charge in [-0.15, -0.1) is 24.0 Å². The fourth-order valence-corrected chi connectivity index (χ4v) is 2.47. The van der Waals surface area contributed by atoms with E-state index in [4.69, 9.17) is 4.74 Å². The van der Waals surface area contributed by atoms with Crippen LogP contribution in [0.15, 0.2) is 47.5 Å². The zero-order valence-corrected chi connectivity index (χ0v) is 18.4. The maximum Gasteiger partial charge on any atom is 0.416 e. The van der Waals surface area contributed by atoms with Gasteiger partial charge in [-0.25, -0.2) is 0 Å². The monoisotopic (exact) mass is 545 g/mol. The van der Waals surface area contributed by atoms with Crippen molar-refractivity contribution in [2.24, 2.45) is 4.99 Å². The van der Waals surface area contributed by atoms with Crippen molar-refractivity contribution in [3.63, 3.8) is 0 Å². The molecule has 0 spiro atoms. The van der Waals surface area contributed by atoms with E-state index < -0.39 is 18.4 Å². The number of alkyl halides is 5. The third kappa shape index (κ3) is 7.84. The highest BCUT2D eigenvalue weighted by molar-refractivity contribution is 14.0. The number of rotatable bonds is 7. The number of halogens is 6. The molecule has 0 unspecified atom stereocenters. The van der Waals surface area contributed by atoms with Crippen LogP contribution in [-0.4, -0.2) is 26.7 Å². The summed E-state index contributed by atoms with van der Waals surface area (Å²) < 4.78 is 72.8. The third-order valence-electron chi connectivity index (χ3n) is 3.84. The lowest BCUT2D eigenvalue weighted by Crippen LogP contribution is -2.36. The standard InChI is InChI=1S/C19H20F5N3O2.HI/c1-25-18(26-10-12-4-3-5-14(8-12)19(22,23)24)27-11-13-6-7-15(28-2)16(9-13)29-17(20)21;/h3-9,17H,10-11H2,1-2H3,(H2,25,26,27);1H. The third-order valence-corrected chi connectivity index (χ3v) is 3.84. The number of methoxy groups -OCH3 is 1. The summed E-state index contributed by atoms with van der Waals surface area (Å²) in [7, 11) is 2.84. The minimum absolute atomic E-state index is 0. The fourth-order valence-electron chi connectivity index (χ4n) is 2.47. The Bertz CT molecular complexity index is 847. The van der Waals surface area contributed by atoms with Gasteiger partial charge in [0.2, 0.25) is 0 Å². The molecule has 2 rings (SSSR count). The van der Waals surface area contributed by atoms with Crippen LogP contribution in [0, 0.1) is 0 Å². The van der Waals surface area contributed by atoms with Gasteiger partial charge in [0, 0.05) is 20.1 Å². The first-order valence-corrected chi connectivity index (χ1v) is 8.45. The maximum atomic E-state index is 12.8. The van der Waals surface area contributed by atoms with Crippen molar-refractivity contribution in [2.45, 2.75) is 25.9 Å². The highest BCUT2D eigenvalue weighted by atomic mass is 127. The van der Waals surface area contributed by atoms with E-state index in [0.717, 1.165) is 12.1 Å². The van der Waals surface area contributed by atoms with E-state index in [9.17, 15) is 22.0 Å². The van der Waals surface area contributed by atoms with Crippen molar-refractivity contribution < 1.29 is 31.4 Å². The van der Waals surface area contributed by atoms with Crippen molar-refractivity contribution in [1.82, 2.24) is 10.6 Å². The molecule has 0 fully saturated rings. The molecule has 0 saturated carbocycles. The number of benzene rings is 2. The van der Waals surface area contributed by atoms with Gasteiger partial charge < -0.3 is 20.1 Å². The largest absolute Gasteiger partial charge is 0.493 e. The molecule has 2 aromatic rings. The second kappa shape index (κ2) is 11.8. The van der Waals surface area contributed by atoms with Gasteiger partial charge in [-0.1, -0.05) is 18.2 Å². The number of nitrogens with one attached hydrogen (secondary N) is 2. The second-order valence-electron chi connectivity index (χ2n) is 5.84. The Kier molecular flexibility index (Phi) is 10.1. The van der Waals surface area contributed by atoms with Crippen LogP contribution in [0.25, 0.3) is 0 Å². The summed E-state index contributed by atoms with van der Waals surface area (Å²) in [5.41, 5.74) is 0.313. The molecule has 0 bridgehead atoms. The Morgan fingerprint density at radius 3 is 2.17 bits per heavy atom. The lowest BCUT2D eigenvalue weighted by molar-refractivity contribution is -0.137. The van der Waals surface area contributed by atoms with Crippen LogP contribution in [0.4, 0.5) is 22.0 Å². The van der Waals surface area contributed by atoms with Crippen LogP contribution in [0.1, 0.15) is 16.7 Å². The van der Waals surface area contributed by atoms with Crippen molar-refractivity contribution >= 4 is 29.9 Å². The smallest absolute Gasteiger partial charge is 0.416 e. The molecule has 0 aliphatic carbocycles. The SMILES string of the molecule is CN=C(NCc1cccc(C(F)(F)F)c1)NCc1ccc(OC)c(OC(F)F)c1.I. The van der Waals surface area contributed by atoms with Gasteiger partial charge in [-0.3, -0.25) is 4.99 Å². The van der Waals surface area contributed by atoms with E-state index in [2.05, 4.69) is 20.4 Å². The van der Waals surface area contributed by atoms with Gasteiger partial charge in [0.15, 0.2) is 17.5 Å². The molecular formula is C19H21F5IN3O2. The lowest BCUT2D eigenvalue weighted by Gasteiger charge is -2.15. The number of aliphatic imine (C=N–C) groups is 1. The predicted molar refractivity (Wildman–Crippen MR) is 114 cm³/mol. The molecule has 0 aromatic heterocycles. The normalized spacial score (nSPS) is 11.7. The topological polar surface area (TPSA) is 54.9 Å². The fraction of sp³-hybridized carbons (Fsp3) is 0.316. The molecule has 0 aliphatic heterocycles. The molecule has 30 heavy (non-hydrogen) atoms. The number of hydrogen-bond acceptors (Lipinski definition) is 3. The summed E-state index contributed by atoms with van der Waals surface area (Å²) >= 11 is 0. The van der Waals surface area contributed by atoms with Crippen LogP contribution in [0.3, 0.4) is 0 Å². The summed E-state index contributed by atoms with van der Waals surface area (Å²) in [6.45, 7) is -2.66. The van der Waals surface area contributed by atoms with E-state index in [0.29, 0.717) is 17.1 Å². The Morgan fingerprint density at radius 1 is 1.00 bits per heavy atom. The number of hydrogen-bond donors (Lipinski definition) is 2. The Labute approximate surface area is 187 Å². The number of nitrogens with zero attached hydrogens (tertiary/aromatic N) is 1. The molecule has 0 heterocycles. The second-order valence-corrected chi connectivity index (χ2v) is 5.84. The molecule has 5 nitrogen and oxygen atoms in total.